The molecule has 0 aliphatic carbocycles. The molecule has 0 spiro atoms. The standard InChI is InChI=1S/C39H43NO5/c1-42-37-21-18-32(24-38(37)44-28-31-12-6-3-7-13-31)36-26-35(25-33-14-8-9-23-40(33)36)45-39(41)22-17-29-15-19-34(20-16-29)43-27-30-10-4-2-5-11-30/h2-7,10-13,15-16,18-21,24,33,35-36H,8-9,14,17,22-23,25-28H2,1H3/p+1/t33-,35+,36+/m1/s1. The zero-order valence-corrected chi connectivity index (χ0v) is 26.2. The number of aryl methyl sites for hydroxylation is 1. The number of carbonyl (C=O) groups is 1. The van der Waals surface area contributed by atoms with Gasteiger partial charge in [-0.05, 0) is 72.7 Å². The SMILES string of the molecule is COc1ccc([C@@H]2C[C@@H](OC(=O)CCc3ccc(OCc4ccccc4)cc3)C[C@H]3CCCC[NH+]32)cc1OCc1ccccc1. The van der Waals surface area contributed by atoms with Gasteiger partial charge in [-0.15, -0.1) is 0 Å². The van der Waals surface area contributed by atoms with E-state index in [0.29, 0.717) is 32.1 Å². The van der Waals surface area contributed by atoms with Crippen LogP contribution in [0.4, 0.5) is 0 Å². The first-order valence-electron chi connectivity index (χ1n) is 16.3. The van der Waals surface area contributed by atoms with E-state index in [0.717, 1.165) is 53.3 Å². The van der Waals surface area contributed by atoms with E-state index in [4.69, 9.17) is 18.9 Å². The van der Waals surface area contributed by atoms with Gasteiger partial charge in [-0.1, -0.05) is 72.8 Å². The average molecular weight is 607 g/mol. The van der Waals surface area contributed by atoms with Crippen molar-refractivity contribution in [2.45, 2.75) is 76.3 Å². The van der Waals surface area contributed by atoms with Gasteiger partial charge in [0.2, 0.25) is 0 Å². The second kappa shape index (κ2) is 15.1. The highest BCUT2D eigenvalue weighted by atomic mass is 16.5. The molecule has 2 saturated heterocycles. The fraction of sp³-hybridized carbons (Fsp3) is 0.359. The number of ether oxygens (including phenoxy) is 4. The largest absolute Gasteiger partial charge is 0.493 e. The Kier molecular flexibility index (Phi) is 10.3. The van der Waals surface area contributed by atoms with Crippen molar-refractivity contribution in [1.29, 1.82) is 0 Å². The molecule has 1 unspecified atom stereocenters. The van der Waals surface area contributed by atoms with E-state index >= 15 is 0 Å². The van der Waals surface area contributed by atoms with E-state index in [1.807, 2.05) is 66.7 Å². The van der Waals surface area contributed by atoms with E-state index in [2.05, 4.69) is 36.4 Å². The van der Waals surface area contributed by atoms with Gasteiger partial charge < -0.3 is 23.8 Å². The van der Waals surface area contributed by atoms with Gasteiger partial charge in [-0.3, -0.25) is 4.79 Å². The van der Waals surface area contributed by atoms with E-state index in [1.165, 1.54) is 24.8 Å². The third-order valence-corrected chi connectivity index (χ3v) is 9.20. The molecule has 234 valence electrons. The Morgan fingerprint density at radius 2 is 1.47 bits per heavy atom. The molecular formula is C39H44NO5+. The van der Waals surface area contributed by atoms with Crippen molar-refractivity contribution < 1.29 is 28.6 Å². The van der Waals surface area contributed by atoms with Crippen LogP contribution in [0.3, 0.4) is 0 Å². The molecule has 6 rings (SSSR count). The lowest BCUT2D eigenvalue weighted by molar-refractivity contribution is -0.967. The summed E-state index contributed by atoms with van der Waals surface area (Å²) in [7, 11) is 1.68. The quantitative estimate of drug-likeness (QED) is 0.183. The maximum Gasteiger partial charge on any atom is 0.306 e. The highest BCUT2D eigenvalue weighted by Gasteiger charge is 2.42. The zero-order chi connectivity index (χ0) is 30.8. The summed E-state index contributed by atoms with van der Waals surface area (Å²) >= 11 is 0. The van der Waals surface area contributed by atoms with Crippen molar-refractivity contribution in [3.63, 3.8) is 0 Å². The molecule has 45 heavy (non-hydrogen) atoms. The van der Waals surface area contributed by atoms with E-state index in [9.17, 15) is 4.79 Å². The number of hydrogen-bond donors (Lipinski definition) is 1. The summed E-state index contributed by atoms with van der Waals surface area (Å²) in [5.74, 6) is 2.19. The molecule has 0 saturated carbocycles. The van der Waals surface area contributed by atoms with Gasteiger partial charge in [0.05, 0.1) is 19.7 Å². The average Bonchev–Trinajstić information content (AvgIpc) is 3.10. The number of carbonyl (C=O) groups excluding carboxylic acids is 1. The van der Waals surface area contributed by atoms with E-state index in [1.54, 1.807) is 12.0 Å². The number of benzene rings is 4. The number of rotatable bonds is 12. The highest BCUT2D eigenvalue weighted by Crippen LogP contribution is 2.34. The van der Waals surface area contributed by atoms with Gasteiger partial charge >= 0.3 is 5.97 Å². The van der Waals surface area contributed by atoms with Gasteiger partial charge in [0.1, 0.15) is 31.1 Å². The Morgan fingerprint density at radius 1 is 0.756 bits per heavy atom. The van der Waals surface area contributed by atoms with Gasteiger partial charge in [-0.25, -0.2) is 0 Å². The minimum Gasteiger partial charge on any atom is -0.493 e. The van der Waals surface area contributed by atoms with Crippen molar-refractivity contribution >= 4 is 5.97 Å². The van der Waals surface area contributed by atoms with Crippen LogP contribution in [0.1, 0.15) is 66.8 Å². The second-order valence-electron chi connectivity index (χ2n) is 12.3. The van der Waals surface area contributed by atoms with Gasteiger partial charge in [0.15, 0.2) is 11.5 Å². The number of piperidine rings is 2. The molecule has 6 nitrogen and oxygen atoms in total. The van der Waals surface area contributed by atoms with Crippen LogP contribution in [-0.4, -0.2) is 31.8 Å². The van der Waals surface area contributed by atoms with Crippen molar-refractivity contribution in [3.05, 3.63) is 125 Å². The summed E-state index contributed by atoms with van der Waals surface area (Å²) in [5.41, 5.74) is 4.57. The number of esters is 1. The fourth-order valence-electron chi connectivity index (χ4n) is 6.85. The van der Waals surface area contributed by atoms with Crippen molar-refractivity contribution in [1.82, 2.24) is 0 Å². The fourth-order valence-corrected chi connectivity index (χ4v) is 6.85. The predicted molar refractivity (Wildman–Crippen MR) is 175 cm³/mol. The summed E-state index contributed by atoms with van der Waals surface area (Å²) in [6.07, 6.45) is 6.32. The maximum atomic E-state index is 13.1. The van der Waals surface area contributed by atoms with Crippen LogP contribution >= 0.6 is 0 Å². The van der Waals surface area contributed by atoms with Gasteiger partial charge in [0.25, 0.3) is 0 Å². The molecule has 2 fully saturated rings. The highest BCUT2D eigenvalue weighted by molar-refractivity contribution is 5.70. The van der Waals surface area contributed by atoms with Crippen molar-refractivity contribution in [2.24, 2.45) is 0 Å². The molecule has 0 bridgehead atoms. The van der Waals surface area contributed by atoms with Crippen molar-refractivity contribution in [2.75, 3.05) is 13.7 Å². The molecule has 0 amide bonds. The second-order valence-corrected chi connectivity index (χ2v) is 12.3. The Hall–Kier alpha value is -4.29. The summed E-state index contributed by atoms with van der Waals surface area (Å²) in [5, 5.41) is 0. The lowest BCUT2D eigenvalue weighted by Crippen LogP contribution is -3.18. The number of hydrogen-bond acceptors (Lipinski definition) is 5. The lowest BCUT2D eigenvalue weighted by atomic mass is 9.84. The Balaban J connectivity index is 1.06. The molecule has 6 heteroatoms. The first-order valence-corrected chi connectivity index (χ1v) is 16.3. The molecule has 4 atom stereocenters. The molecule has 2 aliphatic heterocycles. The third kappa shape index (κ3) is 8.25. The first-order chi connectivity index (χ1) is 22.1. The third-order valence-electron chi connectivity index (χ3n) is 9.20. The summed E-state index contributed by atoms with van der Waals surface area (Å²) in [6.45, 7) is 2.16. The number of methoxy groups -OCH3 is 1. The molecule has 2 aliphatic rings. The Bertz CT molecular complexity index is 1510. The van der Waals surface area contributed by atoms with E-state index in [-0.39, 0.29) is 18.1 Å². The van der Waals surface area contributed by atoms with Crippen LogP contribution in [0.15, 0.2) is 103 Å². The summed E-state index contributed by atoms with van der Waals surface area (Å²) < 4.78 is 24.0. The number of fused-ring (bicyclic) bond motifs is 1. The molecule has 0 radical (unpaired) electrons. The first kappa shape index (κ1) is 30.7. The smallest absolute Gasteiger partial charge is 0.306 e. The molecular weight excluding hydrogens is 562 g/mol. The molecule has 1 N–H and O–H groups in total. The van der Waals surface area contributed by atoms with Gasteiger partial charge in [0, 0.05) is 24.8 Å². The Labute approximate surface area is 266 Å². The van der Waals surface area contributed by atoms with Crippen molar-refractivity contribution in [3.8, 4) is 17.2 Å². The zero-order valence-electron chi connectivity index (χ0n) is 26.2. The molecule has 4 aromatic rings. The number of quaternary nitrogens is 1. The van der Waals surface area contributed by atoms with Crippen LogP contribution < -0.4 is 19.1 Å². The van der Waals surface area contributed by atoms with E-state index < -0.39 is 0 Å². The number of nitrogens with one attached hydrogen (secondary N) is 1. The summed E-state index contributed by atoms with van der Waals surface area (Å²) in [4.78, 5) is 14.7. The molecule has 4 aromatic carbocycles. The van der Waals surface area contributed by atoms with Gasteiger partial charge in [-0.2, -0.15) is 0 Å². The maximum absolute atomic E-state index is 13.1. The normalized spacial score (nSPS) is 20.9. The monoisotopic (exact) mass is 606 g/mol. The van der Waals surface area contributed by atoms with Crippen LogP contribution in [0, 0.1) is 0 Å². The summed E-state index contributed by atoms with van der Waals surface area (Å²) in [6, 6.07) is 35.4. The van der Waals surface area contributed by atoms with Crippen LogP contribution in [0.2, 0.25) is 0 Å². The molecule has 2 heterocycles. The minimum absolute atomic E-state index is 0.0844. The minimum atomic E-state index is -0.121. The van der Waals surface area contributed by atoms with Crippen LogP contribution in [0.25, 0.3) is 0 Å². The van der Waals surface area contributed by atoms with Crippen LogP contribution in [0.5, 0.6) is 17.2 Å². The molecule has 0 aromatic heterocycles. The topological polar surface area (TPSA) is 58.4 Å². The Morgan fingerprint density at radius 3 is 2.18 bits per heavy atom. The van der Waals surface area contributed by atoms with Crippen LogP contribution in [-0.2, 0) is 29.2 Å². The predicted octanol–water partition coefficient (Wildman–Crippen LogP) is 6.67. The lowest BCUT2D eigenvalue weighted by Gasteiger charge is -2.44.